The molecule has 7 heteroatoms. The van der Waals surface area contributed by atoms with Gasteiger partial charge in [0.05, 0.1) is 39.8 Å². The van der Waals surface area contributed by atoms with Gasteiger partial charge in [-0.1, -0.05) is 69.0 Å². The third-order valence-electron chi connectivity index (χ3n) is 6.89. The first-order valence-electron chi connectivity index (χ1n) is 13.8. The first kappa shape index (κ1) is 28.4. The predicted octanol–water partition coefficient (Wildman–Crippen LogP) is 7.61. The molecule has 0 spiro atoms. The summed E-state index contributed by atoms with van der Waals surface area (Å²) >= 11 is 6.48. The maximum absolute atomic E-state index is 14.0. The Morgan fingerprint density at radius 3 is 2.36 bits per heavy atom. The van der Waals surface area contributed by atoms with Crippen LogP contribution in [-0.4, -0.2) is 33.5 Å². The highest BCUT2D eigenvalue weighted by Crippen LogP contribution is 2.30. The molecule has 3 aromatic carbocycles. The maximum atomic E-state index is 14.0. The molecule has 0 fully saturated rings. The second-order valence-electron chi connectivity index (χ2n) is 9.52. The minimum Gasteiger partial charge on any atom is -0.494 e. The summed E-state index contributed by atoms with van der Waals surface area (Å²) in [7, 11) is 0. The zero-order chi connectivity index (χ0) is 27.8. The Morgan fingerprint density at radius 2 is 1.67 bits per heavy atom. The van der Waals surface area contributed by atoms with Gasteiger partial charge in [0.2, 0.25) is 0 Å². The van der Waals surface area contributed by atoms with Gasteiger partial charge in [-0.2, -0.15) is 0 Å². The molecule has 4 rings (SSSR count). The highest BCUT2D eigenvalue weighted by atomic mass is 35.5. The number of aromatic nitrogens is 2. The summed E-state index contributed by atoms with van der Waals surface area (Å²) < 4.78 is 7.27. The van der Waals surface area contributed by atoms with Crippen LogP contribution in [0, 0.1) is 0 Å². The molecule has 6 nitrogen and oxygen atoms in total. The summed E-state index contributed by atoms with van der Waals surface area (Å²) in [6.45, 7) is 7.20. The molecule has 0 saturated heterocycles. The van der Waals surface area contributed by atoms with Crippen LogP contribution in [-0.2, 0) is 0 Å². The molecular formula is C32H36ClN3O3. The lowest BCUT2D eigenvalue weighted by Crippen LogP contribution is -2.39. The normalized spacial score (nSPS) is 11.9. The van der Waals surface area contributed by atoms with E-state index in [1.54, 1.807) is 22.8 Å². The van der Waals surface area contributed by atoms with E-state index < -0.39 is 6.04 Å². The van der Waals surface area contributed by atoms with Crippen molar-refractivity contribution >= 4 is 28.4 Å². The number of hydrogen-bond donors (Lipinski definition) is 0. The fourth-order valence-corrected chi connectivity index (χ4v) is 5.14. The zero-order valence-corrected chi connectivity index (χ0v) is 23.7. The number of rotatable bonds is 12. The number of amides is 1. The van der Waals surface area contributed by atoms with Crippen molar-refractivity contribution in [1.29, 1.82) is 0 Å². The summed E-state index contributed by atoms with van der Waals surface area (Å²) in [5.41, 5.74) is 1.55. The van der Waals surface area contributed by atoms with Crippen LogP contribution in [0.25, 0.3) is 16.6 Å². The second kappa shape index (κ2) is 13.4. The number of para-hydroxylation sites is 1. The zero-order valence-electron chi connectivity index (χ0n) is 22.9. The van der Waals surface area contributed by atoms with Gasteiger partial charge in [0, 0.05) is 6.54 Å². The molecular weight excluding hydrogens is 510 g/mol. The van der Waals surface area contributed by atoms with E-state index in [-0.39, 0.29) is 11.5 Å². The first-order chi connectivity index (χ1) is 19.0. The van der Waals surface area contributed by atoms with Gasteiger partial charge in [-0.15, -0.1) is 0 Å². The minimum absolute atomic E-state index is 0.162. The number of fused-ring (bicyclic) bond motifs is 1. The van der Waals surface area contributed by atoms with Crippen molar-refractivity contribution in [2.24, 2.45) is 0 Å². The van der Waals surface area contributed by atoms with Gasteiger partial charge < -0.3 is 9.64 Å². The van der Waals surface area contributed by atoms with Crippen LogP contribution in [0.3, 0.4) is 0 Å². The van der Waals surface area contributed by atoms with Gasteiger partial charge in [-0.25, -0.2) is 4.98 Å². The fourth-order valence-electron chi connectivity index (χ4n) is 4.92. The highest BCUT2D eigenvalue weighted by molar-refractivity contribution is 6.33. The molecule has 1 amide bonds. The summed E-state index contributed by atoms with van der Waals surface area (Å²) in [5.74, 6) is 1.09. The Bertz CT molecular complexity index is 1470. The maximum Gasteiger partial charge on any atom is 0.266 e. The average Bonchev–Trinajstić information content (AvgIpc) is 2.95. The number of hydrogen-bond acceptors (Lipinski definition) is 4. The van der Waals surface area contributed by atoms with Crippen molar-refractivity contribution in [2.45, 2.75) is 58.9 Å². The second-order valence-corrected chi connectivity index (χ2v) is 9.92. The van der Waals surface area contributed by atoms with E-state index in [2.05, 4.69) is 6.92 Å². The van der Waals surface area contributed by atoms with Crippen molar-refractivity contribution in [3.8, 4) is 11.4 Å². The molecule has 0 N–H and O–H groups in total. The third kappa shape index (κ3) is 6.34. The summed E-state index contributed by atoms with van der Waals surface area (Å²) in [5, 5.41) is 0.934. The molecule has 1 aromatic heterocycles. The van der Waals surface area contributed by atoms with Crippen molar-refractivity contribution in [3.63, 3.8) is 0 Å². The summed E-state index contributed by atoms with van der Waals surface area (Å²) in [6.07, 6.45) is 4.62. The van der Waals surface area contributed by atoms with Gasteiger partial charge in [0.15, 0.2) is 0 Å². The van der Waals surface area contributed by atoms with E-state index in [1.165, 1.54) is 0 Å². The Hall–Kier alpha value is -3.64. The van der Waals surface area contributed by atoms with Crippen LogP contribution < -0.4 is 10.3 Å². The average molecular weight is 546 g/mol. The minimum atomic E-state index is -0.445. The van der Waals surface area contributed by atoms with Crippen LogP contribution >= 0.6 is 11.6 Å². The molecule has 0 aliphatic heterocycles. The van der Waals surface area contributed by atoms with Crippen molar-refractivity contribution in [2.75, 3.05) is 13.2 Å². The van der Waals surface area contributed by atoms with E-state index in [1.807, 2.05) is 73.3 Å². The van der Waals surface area contributed by atoms with E-state index in [0.29, 0.717) is 52.6 Å². The Kier molecular flexibility index (Phi) is 9.77. The monoisotopic (exact) mass is 545 g/mol. The highest BCUT2D eigenvalue weighted by Gasteiger charge is 2.30. The topological polar surface area (TPSA) is 64.4 Å². The lowest BCUT2D eigenvalue weighted by atomic mass is 10.1. The number of benzene rings is 3. The summed E-state index contributed by atoms with van der Waals surface area (Å²) in [6, 6.07) is 21.4. The molecule has 39 heavy (non-hydrogen) atoms. The van der Waals surface area contributed by atoms with Crippen molar-refractivity contribution in [3.05, 3.63) is 99.6 Å². The van der Waals surface area contributed by atoms with Gasteiger partial charge in [-0.3, -0.25) is 14.2 Å². The number of ether oxygens (including phenoxy) is 1. The standard InChI is InChI=1S/C32H36ClN3O3/c1-4-7-8-13-22-35(31(37)25-14-9-11-16-27(25)33)29(5-2)30-34-28-17-12-10-15-26(28)32(38)36(30)23-18-20-24(21-19-23)39-6-3/h9-12,14-21,29H,4-8,13,22H2,1-3H3. The number of nitrogens with zero attached hydrogens (tertiary/aromatic N) is 3. The van der Waals surface area contributed by atoms with E-state index >= 15 is 0 Å². The van der Waals surface area contributed by atoms with Crippen LogP contribution in [0.4, 0.5) is 0 Å². The van der Waals surface area contributed by atoms with E-state index in [4.69, 9.17) is 21.3 Å². The third-order valence-corrected chi connectivity index (χ3v) is 7.22. The Labute approximate surface area is 235 Å². The van der Waals surface area contributed by atoms with Crippen molar-refractivity contribution in [1.82, 2.24) is 14.5 Å². The lowest BCUT2D eigenvalue weighted by molar-refractivity contribution is 0.0655. The summed E-state index contributed by atoms with van der Waals surface area (Å²) in [4.78, 5) is 34.8. The molecule has 0 radical (unpaired) electrons. The molecule has 1 atom stereocenters. The first-order valence-corrected chi connectivity index (χ1v) is 14.2. The molecule has 204 valence electrons. The molecule has 0 aliphatic rings. The van der Waals surface area contributed by atoms with Crippen molar-refractivity contribution < 1.29 is 9.53 Å². The molecule has 0 aliphatic carbocycles. The van der Waals surface area contributed by atoms with Gasteiger partial charge in [-0.05, 0) is 68.3 Å². The molecule has 1 heterocycles. The smallest absolute Gasteiger partial charge is 0.266 e. The number of unbranched alkanes of at least 4 members (excludes halogenated alkanes) is 3. The quantitative estimate of drug-likeness (QED) is 0.172. The van der Waals surface area contributed by atoms with E-state index in [9.17, 15) is 9.59 Å². The number of carbonyl (C=O) groups is 1. The Balaban J connectivity index is 1.89. The predicted molar refractivity (Wildman–Crippen MR) is 158 cm³/mol. The molecule has 0 saturated carbocycles. The van der Waals surface area contributed by atoms with Gasteiger partial charge in [0.1, 0.15) is 11.6 Å². The molecule has 1 unspecified atom stereocenters. The molecule has 0 bridgehead atoms. The largest absolute Gasteiger partial charge is 0.494 e. The van der Waals surface area contributed by atoms with Crippen LogP contribution in [0.15, 0.2) is 77.6 Å². The number of halogens is 1. The molecule has 4 aromatic rings. The lowest BCUT2D eigenvalue weighted by Gasteiger charge is -2.33. The van der Waals surface area contributed by atoms with Crippen LogP contribution in [0.2, 0.25) is 5.02 Å². The van der Waals surface area contributed by atoms with Gasteiger partial charge in [0.25, 0.3) is 11.5 Å². The fraction of sp³-hybridized carbons (Fsp3) is 0.344. The number of carbonyl (C=O) groups excluding carboxylic acids is 1. The Morgan fingerprint density at radius 1 is 0.949 bits per heavy atom. The van der Waals surface area contributed by atoms with Gasteiger partial charge >= 0.3 is 0 Å². The van der Waals surface area contributed by atoms with Crippen LogP contribution in [0.1, 0.15) is 75.1 Å². The SMILES string of the molecule is CCCCCCN(C(=O)c1ccccc1Cl)C(CC)c1nc2ccccc2c(=O)n1-c1ccc(OCC)cc1. The van der Waals surface area contributed by atoms with Crippen LogP contribution in [0.5, 0.6) is 5.75 Å². The van der Waals surface area contributed by atoms with E-state index in [0.717, 1.165) is 31.4 Å².